The highest BCUT2D eigenvalue weighted by atomic mass is 35.5. The Morgan fingerprint density at radius 2 is 1.55 bits per heavy atom. The normalized spacial score (nSPS) is 12.0. The molecular formula is C9H20ClN. The van der Waals surface area contributed by atoms with Crippen LogP contribution in [0.15, 0.2) is 0 Å². The van der Waals surface area contributed by atoms with Gasteiger partial charge in [0.15, 0.2) is 0 Å². The largest absolute Gasteiger partial charge is 0.325 e. The van der Waals surface area contributed by atoms with Crippen LogP contribution in [0.2, 0.25) is 0 Å². The second-order valence-electron chi connectivity index (χ2n) is 3.30. The molecule has 0 aliphatic heterocycles. The molecule has 0 bridgehead atoms. The molecule has 0 aliphatic rings. The van der Waals surface area contributed by atoms with Crippen molar-refractivity contribution < 1.29 is 0 Å². The van der Waals surface area contributed by atoms with Crippen molar-refractivity contribution in [1.29, 1.82) is 0 Å². The first-order valence-corrected chi connectivity index (χ1v) is 5.07. The van der Waals surface area contributed by atoms with Crippen LogP contribution < -0.4 is 5.73 Å². The Morgan fingerprint density at radius 3 is 1.82 bits per heavy atom. The number of nitrogens with two attached hydrogens (primary N) is 1. The molecule has 2 heteroatoms. The van der Waals surface area contributed by atoms with Gasteiger partial charge in [-0.1, -0.05) is 26.7 Å². The van der Waals surface area contributed by atoms with Crippen LogP contribution >= 0.6 is 11.6 Å². The highest BCUT2D eigenvalue weighted by Gasteiger charge is 2.21. The molecule has 11 heavy (non-hydrogen) atoms. The van der Waals surface area contributed by atoms with Gasteiger partial charge in [-0.05, 0) is 19.3 Å². The lowest BCUT2D eigenvalue weighted by atomic mass is 9.87. The monoisotopic (exact) mass is 177 g/mol. The van der Waals surface area contributed by atoms with Crippen LogP contribution in [-0.4, -0.2) is 11.4 Å². The van der Waals surface area contributed by atoms with Gasteiger partial charge in [-0.3, -0.25) is 0 Å². The maximum absolute atomic E-state index is 6.15. The maximum atomic E-state index is 6.15. The molecule has 68 valence electrons. The number of alkyl halides is 1. The van der Waals surface area contributed by atoms with Gasteiger partial charge in [0.05, 0.1) is 0 Å². The molecule has 0 heterocycles. The maximum Gasteiger partial charge on any atom is 0.0240 e. The molecule has 0 spiro atoms. The molecule has 0 aromatic rings. The number of rotatable bonds is 6. The van der Waals surface area contributed by atoms with Gasteiger partial charge in [0.2, 0.25) is 0 Å². The first-order valence-electron chi connectivity index (χ1n) is 4.53. The standard InChI is InChI=1S/C9H20ClN/c1-3-5-9(11,6-4-2)7-8-10/h3-8,11H2,1-2H3. The topological polar surface area (TPSA) is 26.0 Å². The molecule has 0 aromatic heterocycles. The van der Waals surface area contributed by atoms with Crippen molar-refractivity contribution in [3.05, 3.63) is 0 Å². The van der Waals surface area contributed by atoms with E-state index in [4.69, 9.17) is 17.3 Å². The van der Waals surface area contributed by atoms with Crippen molar-refractivity contribution in [2.24, 2.45) is 5.73 Å². The molecule has 0 aromatic carbocycles. The summed E-state index contributed by atoms with van der Waals surface area (Å²) in [4.78, 5) is 0. The lowest BCUT2D eigenvalue weighted by Crippen LogP contribution is -2.39. The predicted octanol–water partition coefficient (Wildman–Crippen LogP) is 2.91. The molecule has 0 atom stereocenters. The lowest BCUT2D eigenvalue weighted by molar-refractivity contribution is 0.348. The molecule has 0 aliphatic carbocycles. The Bertz CT molecular complexity index is 76.5. The Labute approximate surface area is 75.3 Å². The van der Waals surface area contributed by atoms with E-state index >= 15 is 0 Å². The van der Waals surface area contributed by atoms with Crippen LogP contribution in [0.4, 0.5) is 0 Å². The van der Waals surface area contributed by atoms with E-state index in [0.29, 0.717) is 5.88 Å². The van der Waals surface area contributed by atoms with E-state index in [1.54, 1.807) is 0 Å². The molecule has 0 unspecified atom stereocenters. The van der Waals surface area contributed by atoms with Gasteiger partial charge in [0, 0.05) is 11.4 Å². The quantitative estimate of drug-likeness (QED) is 0.621. The van der Waals surface area contributed by atoms with Gasteiger partial charge < -0.3 is 5.73 Å². The van der Waals surface area contributed by atoms with E-state index in [-0.39, 0.29) is 5.54 Å². The van der Waals surface area contributed by atoms with Crippen LogP contribution in [0.5, 0.6) is 0 Å². The summed E-state index contributed by atoms with van der Waals surface area (Å²) in [5.41, 5.74) is 6.16. The Hall–Kier alpha value is 0.250. The van der Waals surface area contributed by atoms with Crippen molar-refractivity contribution in [2.45, 2.75) is 51.5 Å². The van der Waals surface area contributed by atoms with Crippen molar-refractivity contribution >= 4 is 11.6 Å². The molecule has 0 fully saturated rings. The van der Waals surface area contributed by atoms with Gasteiger partial charge >= 0.3 is 0 Å². The van der Waals surface area contributed by atoms with Crippen LogP contribution in [0.3, 0.4) is 0 Å². The number of halogens is 1. The first kappa shape index (κ1) is 11.2. The van der Waals surface area contributed by atoms with Gasteiger partial charge in [-0.2, -0.15) is 0 Å². The summed E-state index contributed by atoms with van der Waals surface area (Å²) in [5, 5.41) is 0. The van der Waals surface area contributed by atoms with Crippen molar-refractivity contribution in [3.63, 3.8) is 0 Å². The summed E-state index contributed by atoms with van der Waals surface area (Å²) in [6.07, 6.45) is 5.48. The summed E-state index contributed by atoms with van der Waals surface area (Å²) in [7, 11) is 0. The molecule has 2 N–H and O–H groups in total. The number of hydrogen-bond acceptors (Lipinski definition) is 1. The van der Waals surface area contributed by atoms with E-state index in [0.717, 1.165) is 32.1 Å². The molecule has 0 amide bonds. The summed E-state index contributed by atoms with van der Waals surface area (Å²) in [6.45, 7) is 4.34. The van der Waals surface area contributed by atoms with Crippen molar-refractivity contribution in [1.82, 2.24) is 0 Å². The average molecular weight is 178 g/mol. The minimum Gasteiger partial charge on any atom is -0.325 e. The Balaban J connectivity index is 3.79. The molecular weight excluding hydrogens is 158 g/mol. The van der Waals surface area contributed by atoms with Crippen LogP contribution in [-0.2, 0) is 0 Å². The highest BCUT2D eigenvalue weighted by Crippen LogP contribution is 2.20. The molecule has 0 saturated carbocycles. The predicted molar refractivity (Wildman–Crippen MR) is 52.1 cm³/mol. The SMILES string of the molecule is CCCC(N)(CCC)CCCl. The third kappa shape index (κ3) is 4.65. The van der Waals surface area contributed by atoms with Gasteiger partial charge in [-0.15, -0.1) is 11.6 Å². The fourth-order valence-electron chi connectivity index (χ4n) is 1.56. The fourth-order valence-corrected chi connectivity index (χ4v) is 1.94. The third-order valence-electron chi connectivity index (χ3n) is 2.09. The Kier molecular flexibility index (Phi) is 5.98. The van der Waals surface area contributed by atoms with E-state index in [2.05, 4.69) is 13.8 Å². The minimum absolute atomic E-state index is 0.0191. The second-order valence-corrected chi connectivity index (χ2v) is 3.68. The summed E-state index contributed by atoms with van der Waals surface area (Å²) >= 11 is 5.68. The molecule has 1 nitrogen and oxygen atoms in total. The van der Waals surface area contributed by atoms with Gasteiger partial charge in [0.25, 0.3) is 0 Å². The summed E-state index contributed by atoms with van der Waals surface area (Å²) in [6, 6.07) is 0. The lowest BCUT2D eigenvalue weighted by Gasteiger charge is -2.27. The highest BCUT2D eigenvalue weighted by molar-refractivity contribution is 6.17. The average Bonchev–Trinajstić information content (AvgIpc) is 1.88. The van der Waals surface area contributed by atoms with Crippen molar-refractivity contribution in [2.75, 3.05) is 5.88 Å². The number of hydrogen-bond donors (Lipinski definition) is 1. The zero-order chi connectivity index (χ0) is 8.74. The van der Waals surface area contributed by atoms with E-state index < -0.39 is 0 Å². The zero-order valence-electron chi connectivity index (χ0n) is 7.70. The summed E-state index contributed by atoms with van der Waals surface area (Å²) in [5.74, 6) is 0.691. The van der Waals surface area contributed by atoms with Crippen molar-refractivity contribution in [3.8, 4) is 0 Å². The Morgan fingerprint density at radius 1 is 1.09 bits per heavy atom. The van der Waals surface area contributed by atoms with E-state index in [1.165, 1.54) is 0 Å². The van der Waals surface area contributed by atoms with Crippen LogP contribution in [0.25, 0.3) is 0 Å². The third-order valence-corrected chi connectivity index (χ3v) is 2.28. The summed E-state index contributed by atoms with van der Waals surface area (Å²) < 4.78 is 0. The molecule has 0 saturated heterocycles. The first-order chi connectivity index (χ1) is 5.18. The van der Waals surface area contributed by atoms with Crippen LogP contribution in [0, 0.1) is 0 Å². The second kappa shape index (κ2) is 5.84. The van der Waals surface area contributed by atoms with E-state index in [1.807, 2.05) is 0 Å². The fraction of sp³-hybridized carbons (Fsp3) is 1.00. The zero-order valence-corrected chi connectivity index (χ0v) is 8.45. The van der Waals surface area contributed by atoms with Gasteiger partial charge in [0.1, 0.15) is 0 Å². The molecule has 0 rings (SSSR count). The van der Waals surface area contributed by atoms with Crippen LogP contribution in [0.1, 0.15) is 46.0 Å². The molecule has 0 radical (unpaired) electrons. The minimum atomic E-state index is 0.0191. The van der Waals surface area contributed by atoms with E-state index in [9.17, 15) is 0 Å². The smallest absolute Gasteiger partial charge is 0.0240 e. The van der Waals surface area contributed by atoms with Gasteiger partial charge in [-0.25, -0.2) is 0 Å².